The summed E-state index contributed by atoms with van der Waals surface area (Å²) >= 11 is 1.45. The van der Waals surface area contributed by atoms with E-state index in [2.05, 4.69) is 10.6 Å². The molecule has 240 valence electrons. The van der Waals surface area contributed by atoms with Crippen LogP contribution in [0.5, 0.6) is 0 Å². The van der Waals surface area contributed by atoms with Crippen molar-refractivity contribution in [3.05, 3.63) is 125 Å². The minimum Gasteiger partial charge on any atom is -0.618 e. The number of amides is 2. The number of carbonyl (C=O) groups excluding carboxylic acids is 2. The van der Waals surface area contributed by atoms with Gasteiger partial charge >= 0.3 is 12.0 Å². The topological polar surface area (TPSA) is 133 Å². The van der Waals surface area contributed by atoms with Crippen molar-refractivity contribution >= 4 is 23.8 Å². The third-order valence-corrected chi connectivity index (χ3v) is 8.57. The molecule has 1 fully saturated rings. The van der Waals surface area contributed by atoms with Crippen LogP contribution in [0, 0.1) is 5.21 Å². The number of rotatable bonds is 12. The lowest BCUT2D eigenvalue weighted by Crippen LogP contribution is -2.38. The molecule has 1 saturated heterocycles. The summed E-state index contributed by atoms with van der Waals surface area (Å²) in [5.41, 5.74) is 5.56. The number of carbonyl (C=O) groups is 2. The van der Waals surface area contributed by atoms with Crippen molar-refractivity contribution in [2.75, 3.05) is 18.9 Å². The third-order valence-electron chi connectivity index (χ3n) is 7.42. The summed E-state index contributed by atoms with van der Waals surface area (Å²) in [6.07, 6.45) is 1.08. The Morgan fingerprint density at radius 3 is 2.46 bits per heavy atom. The molecular weight excluding hydrogens is 606 g/mol. The van der Waals surface area contributed by atoms with Gasteiger partial charge in [0, 0.05) is 36.4 Å². The van der Waals surface area contributed by atoms with E-state index in [1.807, 2.05) is 78.9 Å². The van der Waals surface area contributed by atoms with E-state index < -0.39 is 18.3 Å². The standard InChI is InChI=1S/C35H37N3O7S/c1-2-43-33(40)21-37-35(41)36-20-25-6-5-7-29(18-25)26-13-15-28(16-14-26)34-44-30(23-46-32-8-3-4-17-38(32)42)19-31(45-34)27-11-9-24(22-39)10-12-27/h3-18,30-31,34,39H,2,19-23H2,1H3,(H2,36,37,41). The fourth-order valence-electron chi connectivity index (χ4n) is 5.03. The monoisotopic (exact) mass is 643 g/mol. The number of urea groups is 1. The normalized spacial score (nSPS) is 17.7. The number of pyridine rings is 1. The van der Waals surface area contributed by atoms with Gasteiger partial charge in [0.05, 0.1) is 25.4 Å². The molecule has 3 atom stereocenters. The summed E-state index contributed by atoms with van der Waals surface area (Å²) < 4.78 is 18.6. The Balaban J connectivity index is 1.26. The number of ether oxygens (including phenoxy) is 3. The maximum Gasteiger partial charge on any atom is 0.325 e. The minimum absolute atomic E-state index is 0.0265. The summed E-state index contributed by atoms with van der Waals surface area (Å²) in [6, 6.07) is 28.5. The third kappa shape index (κ3) is 9.07. The van der Waals surface area contributed by atoms with Gasteiger partial charge in [0.2, 0.25) is 0 Å². The van der Waals surface area contributed by atoms with E-state index in [4.69, 9.17) is 14.2 Å². The molecular formula is C35H37N3O7S. The van der Waals surface area contributed by atoms with Crippen molar-refractivity contribution in [2.24, 2.45) is 0 Å². The molecule has 1 aliphatic heterocycles. The van der Waals surface area contributed by atoms with E-state index in [9.17, 15) is 19.9 Å². The average Bonchev–Trinajstić information content (AvgIpc) is 3.10. The molecule has 0 aliphatic carbocycles. The van der Waals surface area contributed by atoms with Gasteiger partial charge in [-0.2, -0.15) is 4.73 Å². The molecule has 3 unspecified atom stereocenters. The molecule has 2 amide bonds. The number of thioether (sulfide) groups is 1. The van der Waals surface area contributed by atoms with Gasteiger partial charge in [-0.15, -0.1) is 0 Å². The molecule has 1 aromatic heterocycles. The van der Waals surface area contributed by atoms with E-state index >= 15 is 0 Å². The number of esters is 1. The molecule has 0 spiro atoms. The molecule has 4 aromatic rings. The van der Waals surface area contributed by atoms with Gasteiger partial charge < -0.3 is 35.2 Å². The highest BCUT2D eigenvalue weighted by Crippen LogP contribution is 2.39. The van der Waals surface area contributed by atoms with E-state index in [0.717, 1.165) is 38.1 Å². The smallest absolute Gasteiger partial charge is 0.325 e. The highest BCUT2D eigenvalue weighted by Gasteiger charge is 2.32. The predicted molar refractivity (Wildman–Crippen MR) is 173 cm³/mol. The molecule has 1 aliphatic rings. The van der Waals surface area contributed by atoms with Crippen LogP contribution in [0.25, 0.3) is 11.1 Å². The molecule has 5 rings (SSSR count). The number of hydrogen-bond acceptors (Lipinski definition) is 8. The number of aliphatic hydroxyl groups is 1. The summed E-state index contributed by atoms with van der Waals surface area (Å²) in [5, 5.41) is 27.5. The van der Waals surface area contributed by atoms with Crippen molar-refractivity contribution in [2.45, 2.75) is 50.0 Å². The zero-order valence-corrected chi connectivity index (χ0v) is 26.3. The fourth-order valence-corrected chi connectivity index (χ4v) is 5.96. The zero-order valence-electron chi connectivity index (χ0n) is 25.5. The molecule has 0 bridgehead atoms. The lowest BCUT2D eigenvalue weighted by Gasteiger charge is -2.36. The van der Waals surface area contributed by atoms with Crippen molar-refractivity contribution in [1.82, 2.24) is 10.6 Å². The quantitative estimate of drug-likeness (QED) is 0.0833. The van der Waals surface area contributed by atoms with E-state index in [-0.39, 0.29) is 32.0 Å². The van der Waals surface area contributed by atoms with Gasteiger partial charge in [-0.3, -0.25) is 4.79 Å². The summed E-state index contributed by atoms with van der Waals surface area (Å²) in [5.74, 6) is 0.0924. The van der Waals surface area contributed by atoms with Gasteiger partial charge in [-0.05, 0) is 46.9 Å². The number of aromatic nitrogens is 1. The van der Waals surface area contributed by atoms with Crippen LogP contribution in [0.3, 0.4) is 0 Å². The summed E-state index contributed by atoms with van der Waals surface area (Å²) in [7, 11) is 0. The van der Waals surface area contributed by atoms with Gasteiger partial charge in [0.1, 0.15) is 6.54 Å². The first-order valence-electron chi connectivity index (χ1n) is 15.1. The van der Waals surface area contributed by atoms with Gasteiger partial charge in [-0.25, -0.2) is 4.79 Å². The maximum atomic E-state index is 12.2. The van der Waals surface area contributed by atoms with Crippen LogP contribution in [-0.4, -0.2) is 42.1 Å². The van der Waals surface area contributed by atoms with Gasteiger partial charge in [0.25, 0.3) is 5.03 Å². The lowest BCUT2D eigenvalue weighted by atomic mass is 9.99. The largest absolute Gasteiger partial charge is 0.618 e. The molecule has 0 saturated carbocycles. The number of nitrogens with zero attached hydrogens (tertiary/aromatic N) is 1. The van der Waals surface area contributed by atoms with E-state index in [0.29, 0.717) is 23.7 Å². The van der Waals surface area contributed by atoms with E-state index in [1.54, 1.807) is 19.1 Å². The zero-order chi connectivity index (χ0) is 32.3. The first-order chi connectivity index (χ1) is 22.4. The Hall–Kier alpha value is -4.42. The summed E-state index contributed by atoms with van der Waals surface area (Å²) in [4.78, 5) is 23.5. The SMILES string of the molecule is CCOC(=O)CNC(=O)NCc1cccc(-c2ccc(C3OC(CSc4cccc[n+]4[O-])CC(c4ccc(CO)cc4)O3)cc2)c1. The maximum absolute atomic E-state index is 12.2. The number of hydrogen-bond donors (Lipinski definition) is 3. The van der Waals surface area contributed by atoms with Crippen LogP contribution in [-0.2, 0) is 32.2 Å². The first-order valence-corrected chi connectivity index (χ1v) is 16.1. The van der Waals surface area contributed by atoms with Gasteiger partial charge in [0.15, 0.2) is 12.5 Å². The molecule has 46 heavy (non-hydrogen) atoms. The lowest BCUT2D eigenvalue weighted by molar-refractivity contribution is -0.645. The first kappa shape index (κ1) is 33.0. The van der Waals surface area contributed by atoms with Crippen LogP contribution >= 0.6 is 11.8 Å². The molecule has 3 N–H and O–H groups in total. The Bertz CT molecular complexity index is 1600. The molecule has 11 heteroatoms. The van der Waals surface area contributed by atoms with Crippen LogP contribution < -0.4 is 15.4 Å². The summed E-state index contributed by atoms with van der Waals surface area (Å²) in [6.45, 7) is 2.04. The Morgan fingerprint density at radius 1 is 0.935 bits per heavy atom. The van der Waals surface area contributed by atoms with Crippen LogP contribution in [0.4, 0.5) is 4.79 Å². The highest BCUT2D eigenvalue weighted by atomic mass is 32.2. The highest BCUT2D eigenvalue weighted by molar-refractivity contribution is 7.99. The van der Waals surface area contributed by atoms with Crippen molar-refractivity contribution < 1.29 is 33.6 Å². The molecule has 0 radical (unpaired) electrons. The van der Waals surface area contributed by atoms with Crippen molar-refractivity contribution in [3.8, 4) is 11.1 Å². The van der Waals surface area contributed by atoms with Crippen molar-refractivity contribution in [1.29, 1.82) is 0 Å². The molecule has 3 aromatic carbocycles. The second-order valence-electron chi connectivity index (χ2n) is 10.7. The number of nitrogens with one attached hydrogen (secondary N) is 2. The molecule has 2 heterocycles. The number of benzene rings is 3. The van der Waals surface area contributed by atoms with E-state index in [1.165, 1.54) is 18.0 Å². The van der Waals surface area contributed by atoms with Crippen LogP contribution in [0.15, 0.2) is 102 Å². The minimum atomic E-state index is -0.616. The number of aliphatic hydroxyl groups excluding tert-OH is 1. The average molecular weight is 644 g/mol. The second kappa shape index (κ2) is 16.2. The fraction of sp³-hybridized carbons (Fsp3) is 0.286. The Morgan fingerprint density at radius 2 is 1.72 bits per heavy atom. The van der Waals surface area contributed by atoms with Crippen molar-refractivity contribution in [3.63, 3.8) is 0 Å². The van der Waals surface area contributed by atoms with Crippen LogP contribution in [0.2, 0.25) is 0 Å². The van der Waals surface area contributed by atoms with Crippen LogP contribution in [0.1, 0.15) is 48.0 Å². The Kier molecular flexibility index (Phi) is 11.6. The molecule has 10 nitrogen and oxygen atoms in total. The van der Waals surface area contributed by atoms with Gasteiger partial charge in [-0.1, -0.05) is 78.5 Å². The Labute approximate surface area is 272 Å². The second-order valence-corrected chi connectivity index (χ2v) is 11.7. The predicted octanol–water partition coefficient (Wildman–Crippen LogP) is 5.18.